The zero-order valence-corrected chi connectivity index (χ0v) is 7.53. The van der Waals surface area contributed by atoms with Crippen LogP contribution < -0.4 is 5.32 Å². The number of carbonyl (C=O) groups excluding carboxylic acids is 1. The molecule has 1 saturated carbocycles. The summed E-state index contributed by atoms with van der Waals surface area (Å²) in [6.07, 6.45) is 3.80. The predicted molar refractivity (Wildman–Crippen MR) is 45.7 cm³/mol. The van der Waals surface area contributed by atoms with Crippen LogP contribution in [0.3, 0.4) is 0 Å². The van der Waals surface area contributed by atoms with Crippen molar-refractivity contribution in [2.45, 2.75) is 31.6 Å². The van der Waals surface area contributed by atoms with E-state index >= 15 is 0 Å². The molecule has 2 nitrogen and oxygen atoms in total. The fourth-order valence-electron chi connectivity index (χ4n) is 0.947. The summed E-state index contributed by atoms with van der Waals surface area (Å²) in [7, 11) is 0. The molecule has 1 aliphatic carbocycles. The highest BCUT2D eigenvalue weighted by Crippen LogP contribution is 2.31. The van der Waals surface area contributed by atoms with Crippen molar-refractivity contribution in [3.05, 3.63) is 0 Å². The van der Waals surface area contributed by atoms with E-state index in [0.29, 0.717) is 0 Å². The molecule has 1 N–H and O–H groups in total. The maximum atomic E-state index is 10.9. The molecule has 1 unspecified atom stereocenters. The van der Waals surface area contributed by atoms with E-state index in [4.69, 9.17) is 11.6 Å². The Bertz CT molecular complexity index is 143. The van der Waals surface area contributed by atoms with Crippen LogP contribution in [-0.2, 0) is 4.79 Å². The van der Waals surface area contributed by atoms with Crippen molar-refractivity contribution in [3.8, 4) is 0 Å². The summed E-state index contributed by atoms with van der Waals surface area (Å²) in [6.45, 7) is 2.48. The molecular formula is C8H14ClNO. The number of carbonyl (C=O) groups is 1. The first-order valence-electron chi connectivity index (χ1n) is 4.12. The standard InChI is InChI=1S/C8H14ClNO/c1-6(9)8(11)10-5-4-7-2-3-7/h6-7H,2-5H2,1H3,(H,10,11). The Kier molecular flexibility index (Phi) is 3.18. The summed E-state index contributed by atoms with van der Waals surface area (Å²) in [5.41, 5.74) is 0. The van der Waals surface area contributed by atoms with Crippen molar-refractivity contribution in [2.24, 2.45) is 5.92 Å². The zero-order valence-electron chi connectivity index (χ0n) is 6.77. The van der Waals surface area contributed by atoms with E-state index in [2.05, 4.69) is 5.32 Å². The molecule has 0 spiro atoms. The maximum absolute atomic E-state index is 10.9. The van der Waals surface area contributed by atoms with Gasteiger partial charge in [-0.1, -0.05) is 12.8 Å². The molecule has 0 radical (unpaired) electrons. The van der Waals surface area contributed by atoms with Gasteiger partial charge in [0.1, 0.15) is 5.38 Å². The third-order valence-electron chi connectivity index (χ3n) is 1.91. The van der Waals surface area contributed by atoms with Crippen molar-refractivity contribution in [3.63, 3.8) is 0 Å². The summed E-state index contributed by atoms with van der Waals surface area (Å²) >= 11 is 5.55. The highest BCUT2D eigenvalue weighted by atomic mass is 35.5. The van der Waals surface area contributed by atoms with Crippen LogP contribution in [0.25, 0.3) is 0 Å². The van der Waals surface area contributed by atoms with Gasteiger partial charge in [-0.3, -0.25) is 4.79 Å². The molecule has 0 aromatic heterocycles. The molecule has 0 aromatic rings. The molecule has 0 heterocycles. The summed E-state index contributed by atoms with van der Waals surface area (Å²) in [5, 5.41) is 2.39. The fraction of sp³-hybridized carbons (Fsp3) is 0.875. The Hall–Kier alpha value is -0.240. The van der Waals surface area contributed by atoms with Gasteiger partial charge in [0.25, 0.3) is 0 Å². The van der Waals surface area contributed by atoms with Crippen LogP contribution in [0.2, 0.25) is 0 Å². The smallest absolute Gasteiger partial charge is 0.237 e. The minimum Gasteiger partial charge on any atom is -0.355 e. The van der Waals surface area contributed by atoms with E-state index in [1.54, 1.807) is 6.92 Å². The van der Waals surface area contributed by atoms with Gasteiger partial charge in [0.2, 0.25) is 5.91 Å². The number of rotatable bonds is 4. The molecule has 1 atom stereocenters. The number of hydrogen-bond donors (Lipinski definition) is 1. The lowest BCUT2D eigenvalue weighted by Gasteiger charge is -2.04. The van der Waals surface area contributed by atoms with Crippen LogP contribution in [0, 0.1) is 5.92 Å². The molecule has 0 bridgehead atoms. The van der Waals surface area contributed by atoms with Crippen molar-refractivity contribution in [1.29, 1.82) is 0 Å². The molecule has 1 aliphatic rings. The summed E-state index contributed by atoms with van der Waals surface area (Å²) in [4.78, 5) is 10.9. The SMILES string of the molecule is CC(Cl)C(=O)NCCC1CC1. The minimum absolute atomic E-state index is 0.0488. The summed E-state index contributed by atoms with van der Waals surface area (Å²) < 4.78 is 0. The van der Waals surface area contributed by atoms with Gasteiger partial charge < -0.3 is 5.32 Å². The molecule has 64 valence electrons. The highest BCUT2D eigenvalue weighted by molar-refractivity contribution is 6.30. The van der Waals surface area contributed by atoms with E-state index in [0.717, 1.165) is 18.9 Å². The van der Waals surface area contributed by atoms with Crippen LogP contribution in [0.5, 0.6) is 0 Å². The van der Waals surface area contributed by atoms with Gasteiger partial charge in [-0.2, -0.15) is 0 Å². The lowest BCUT2D eigenvalue weighted by molar-refractivity contribution is -0.120. The Morgan fingerprint density at radius 2 is 2.36 bits per heavy atom. The van der Waals surface area contributed by atoms with E-state index in [9.17, 15) is 4.79 Å². The number of halogens is 1. The first-order valence-corrected chi connectivity index (χ1v) is 4.55. The Balaban J connectivity index is 1.96. The third-order valence-corrected chi connectivity index (χ3v) is 2.11. The second kappa shape index (κ2) is 3.96. The molecule has 1 rings (SSSR count). The molecule has 0 aromatic carbocycles. The summed E-state index contributed by atoms with van der Waals surface area (Å²) in [5.74, 6) is 0.827. The highest BCUT2D eigenvalue weighted by Gasteiger charge is 2.20. The second-order valence-corrected chi connectivity index (χ2v) is 3.79. The minimum atomic E-state index is -0.394. The molecule has 0 aliphatic heterocycles. The molecule has 0 saturated heterocycles. The van der Waals surface area contributed by atoms with Crippen LogP contribution >= 0.6 is 11.6 Å². The zero-order chi connectivity index (χ0) is 8.27. The van der Waals surface area contributed by atoms with Gasteiger partial charge in [-0.15, -0.1) is 11.6 Å². The van der Waals surface area contributed by atoms with E-state index in [1.807, 2.05) is 0 Å². The average molecular weight is 176 g/mol. The van der Waals surface area contributed by atoms with Crippen molar-refractivity contribution in [2.75, 3.05) is 6.54 Å². The molecule has 1 fully saturated rings. The van der Waals surface area contributed by atoms with Gasteiger partial charge in [0.15, 0.2) is 0 Å². The molecule has 1 amide bonds. The van der Waals surface area contributed by atoms with E-state index in [-0.39, 0.29) is 5.91 Å². The quantitative estimate of drug-likeness (QED) is 0.646. The fourth-order valence-corrected chi connectivity index (χ4v) is 1.02. The van der Waals surface area contributed by atoms with Gasteiger partial charge in [-0.25, -0.2) is 0 Å². The topological polar surface area (TPSA) is 29.1 Å². The number of hydrogen-bond acceptors (Lipinski definition) is 1. The van der Waals surface area contributed by atoms with Crippen LogP contribution in [0.4, 0.5) is 0 Å². The Morgan fingerprint density at radius 3 is 2.82 bits per heavy atom. The van der Waals surface area contributed by atoms with Crippen LogP contribution in [0.1, 0.15) is 26.2 Å². The maximum Gasteiger partial charge on any atom is 0.237 e. The Labute approximate surface area is 72.3 Å². The van der Waals surface area contributed by atoms with E-state index < -0.39 is 5.38 Å². The molecule has 3 heteroatoms. The van der Waals surface area contributed by atoms with Gasteiger partial charge in [0.05, 0.1) is 0 Å². The average Bonchev–Trinajstić information content (AvgIpc) is 2.71. The molecular weight excluding hydrogens is 162 g/mol. The lowest BCUT2D eigenvalue weighted by atomic mass is 10.3. The number of amides is 1. The van der Waals surface area contributed by atoms with Crippen LogP contribution in [-0.4, -0.2) is 17.8 Å². The predicted octanol–water partition coefficient (Wildman–Crippen LogP) is 1.53. The lowest BCUT2D eigenvalue weighted by Crippen LogP contribution is -2.30. The van der Waals surface area contributed by atoms with Gasteiger partial charge in [0, 0.05) is 6.54 Å². The van der Waals surface area contributed by atoms with Crippen LogP contribution in [0.15, 0.2) is 0 Å². The van der Waals surface area contributed by atoms with Gasteiger partial charge >= 0.3 is 0 Å². The number of alkyl halides is 1. The van der Waals surface area contributed by atoms with Crippen molar-refractivity contribution >= 4 is 17.5 Å². The summed E-state index contributed by atoms with van der Waals surface area (Å²) in [6, 6.07) is 0. The Morgan fingerprint density at radius 1 is 1.73 bits per heavy atom. The van der Waals surface area contributed by atoms with Gasteiger partial charge in [-0.05, 0) is 19.3 Å². The third kappa shape index (κ3) is 3.61. The largest absolute Gasteiger partial charge is 0.355 e. The first kappa shape index (κ1) is 8.85. The number of nitrogens with one attached hydrogen (secondary N) is 1. The normalized spacial score (nSPS) is 19.5. The first-order chi connectivity index (χ1) is 5.20. The second-order valence-electron chi connectivity index (χ2n) is 3.14. The monoisotopic (exact) mass is 175 g/mol. The molecule has 11 heavy (non-hydrogen) atoms. The van der Waals surface area contributed by atoms with E-state index in [1.165, 1.54) is 12.8 Å². The van der Waals surface area contributed by atoms with Crippen molar-refractivity contribution in [1.82, 2.24) is 5.32 Å². The van der Waals surface area contributed by atoms with Crippen molar-refractivity contribution < 1.29 is 4.79 Å².